The predicted molar refractivity (Wildman–Crippen MR) is 155 cm³/mol. The molecule has 0 radical (unpaired) electrons. The van der Waals surface area contributed by atoms with Gasteiger partial charge in [-0.3, -0.25) is 9.80 Å². The number of hydrogen-bond acceptors (Lipinski definition) is 3. The van der Waals surface area contributed by atoms with Crippen LogP contribution >= 0.6 is 33.4 Å². The van der Waals surface area contributed by atoms with E-state index in [4.69, 9.17) is 23.2 Å². The average Bonchev–Trinajstić information content (AvgIpc) is 3.22. The standard InChI is InChI=1S/C28H27Cl2F5N4OS/c29-22-5-3-20(4-6-22)2-1-13-38-14-10-28(11-15-38)19-39(27(40)37-18-21-9-12-36-26(30)16-21)25-8-7-23(17-24(25)28)41(31,32,33,34)35/h1-9,12,16-17H,10-11,13-15,18-19H2,(H,37,40)/b2-1+. The maximum Gasteiger partial charge on any atom is 0.322 e. The Labute approximate surface area is 244 Å². The second-order valence-electron chi connectivity index (χ2n) is 10.4. The zero-order valence-corrected chi connectivity index (χ0v) is 24.0. The highest BCUT2D eigenvalue weighted by molar-refractivity contribution is 8.45. The molecule has 1 fully saturated rings. The van der Waals surface area contributed by atoms with Crippen LogP contribution in [0.3, 0.4) is 0 Å². The van der Waals surface area contributed by atoms with Gasteiger partial charge in [-0.15, -0.1) is 0 Å². The summed E-state index contributed by atoms with van der Waals surface area (Å²) in [4.78, 5) is 18.7. The van der Waals surface area contributed by atoms with E-state index in [9.17, 15) is 24.2 Å². The number of fused-ring (bicyclic) bond motifs is 2. The molecule has 13 heteroatoms. The zero-order valence-electron chi connectivity index (χ0n) is 21.7. The fourth-order valence-electron chi connectivity index (χ4n) is 5.40. The second kappa shape index (κ2) is 10.1. The Morgan fingerprint density at radius 1 is 1.00 bits per heavy atom. The summed E-state index contributed by atoms with van der Waals surface area (Å²) in [5.41, 5.74) is 1.11. The van der Waals surface area contributed by atoms with E-state index in [1.54, 1.807) is 24.3 Å². The van der Waals surface area contributed by atoms with E-state index >= 15 is 0 Å². The Bertz CT molecular complexity index is 1500. The quantitative estimate of drug-likeness (QED) is 0.218. The van der Waals surface area contributed by atoms with E-state index in [-0.39, 0.29) is 29.5 Å². The Balaban J connectivity index is 1.36. The van der Waals surface area contributed by atoms with Crippen molar-refractivity contribution < 1.29 is 24.2 Å². The average molecular weight is 634 g/mol. The van der Waals surface area contributed by atoms with Crippen molar-refractivity contribution >= 4 is 51.2 Å². The monoisotopic (exact) mass is 632 g/mol. The van der Waals surface area contributed by atoms with Crippen molar-refractivity contribution in [2.45, 2.75) is 29.7 Å². The number of anilines is 1. The first kappa shape index (κ1) is 29.6. The van der Waals surface area contributed by atoms with Gasteiger partial charge < -0.3 is 5.32 Å². The number of rotatable bonds is 6. The Morgan fingerprint density at radius 3 is 2.37 bits per heavy atom. The van der Waals surface area contributed by atoms with E-state index in [1.807, 2.05) is 24.3 Å². The molecule has 0 saturated carbocycles. The van der Waals surface area contributed by atoms with Crippen molar-refractivity contribution in [2.24, 2.45) is 0 Å². The molecule has 0 atom stereocenters. The maximum absolute atomic E-state index is 13.8. The highest BCUT2D eigenvalue weighted by Gasteiger charge is 2.66. The van der Waals surface area contributed by atoms with E-state index < -0.39 is 26.6 Å². The van der Waals surface area contributed by atoms with Crippen molar-refractivity contribution in [3.63, 3.8) is 0 Å². The molecule has 0 aliphatic carbocycles. The Kier molecular flexibility index (Phi) is 7.33. The first-order chi connectivity index (χ1) is 19.1. The van der Waals surface area contributed by atoms with Crippen LogP contribution in [0.25, 0.3) is 6.08 Å². The van der Waals surface area contributed by atoms with Crippen LogP contribution in [0, 0.1) is 0 Å². The lowest BCUT2D eigenvalue weighted by Crippen LogP contribution is -2.47. The molecule has 1 saturated heterocycles. The summed E-state index contributed by atoms with van der Waals surface area (Å²) in [5, 5.41) is 3.64. The normalized spacial score (nSPS) is 18.8. The lowest BCUT2D eigenvalue weighted by atomic mass is 9.74. The van der Waals surface area contributed by atoms with Gasteiger partial charge in [-0.05, 0) is 85.1 Å². The molecular formula is C28H27Cl2F5N4OS. The minimum atomic E-state index is -9.93. The topological polar surface area (TPSA) is 48.5 Å². The number of nitrogens with one attached hydrogen (secondary N) is 1. The Hall–Kier alpha value is -2.86. The molecule has 0 unspecified atom stereocenters. The number of hydrogen-bond donors (Lipinski definition) is 1. The van der Waals surface area contributed by atoms with Gasteiger partial charge in [0, 0.05) is 42.0 Å². The van der Waals surface area contributed by atoms with Crippen LogP contribution in [0.1, 0.15) is 29.5 Å². The highest BCUT2D eigenvalue weighted by Crippen LogP contribution is 3.02. The second-order valence-corrected chi connectivity index (χ2v) is 13.6. The van der Waals surface area contributed by atoms with Crippen LogP contribution in [0.4, 0.5) is 29.9 Å². The third-order valence-corrected chi connectivity index (χ3v) is 9.18. The van der Waals surface area contributed by atoms with Gasteiger partial charge >= 0.3 is 16.3 Å². The van der Waals surface area contributed by atoms with Crippen molar-refractivity contribution in [3.05, 3.63) is 93.7 Å². The molecule has 220 valence electrons. The summed E-state index contributed by atoms with van der Waals surface area (Å²) in [5.74, 6) is 0. The lowest BCUT2D eigenvalue weighted by molar-refractivity contribution is 0.180. The van der Waals surface area contributed by atoms with Gasteiger partial charge in [-0.25, -0.2) is 9.78 Å². The molecule has 2 amide bonds. The molecule has 5 rings (SSSR count). The minimum absolute atomic E-state index is 0.0868. The van der Waals surface area contributed by atoms with Crippen LogP contribution in [-0.4, -0.2) is 42.1 Å². The van der Waals surface area contributed by atoms with E-state index in [0.717, 1.165) is 11.6 Å². The van der Waals surface area contributed by atoms with Crippen molar-refractivity contribution in [2.75, 3.05) is 31.1 Å². The molecule has 1 spiro atoms. The van der Waals surface area contributed by atoms with Crippen molar-refractivity contribution in [1.82, 2.24) is 15.2 Å². The van der Waals surface area contributed by atoms with E-state index in [2.05, 4.69) is 15.2 Å². The number of urea groups is 1. The smallest absolute Gasteiger partial charge is 0.322 e. The summed E-state index contributed by atoms with van der Waals surface area (Å²) in [6, 6.07) is 12.0. The molecule has 2 aliphatic rings. The van der Waals surface area contributed by atoms with Gasteiger partial charge in [0.15, 0.2) is 0 Å². The number of amides is 2. The molecule has 0 bridgehead atoms. The fourth-order valence-corrected chi connectivity index (χ4v) is 6.39. The summed E-state index contributed by atoms with van der Waals surface area (Å²) >= 11 is 11.8. The summed E-state index contributed by atoms with van der Waals surface area (Å²) < 4.78 is 69.0. The van der Waals surface area contributed by atoms with Gasteiger partial charge in [0.05, 0.1) is 0 Å². The summed E-state index contributed by atoms with van der Waals surface area (Å²) in [6.45, 7) is 1.85. The Morgan fingerprint density at radius 2 is 1.71 bits per heavy atom. The van der Waals surface area contributed by atoms with Crippen molar-refractivity contribution in [1.29, 1.82) is 0 Å². The summed E-state index contributed by atoms with van der Waals surface area (Å²) in [6.07, 6.45) is 6.24. The fraction of sp³-hybridized carbons (Fsp3) is 0.286. The molecule has 1 aromatic heterocycles. The number of halogens is 7. The number of benzene rings is 2. The molecule has 5 nitrogen and oxygen atoms in total. The first-order valence-electron chi connectivity index (χ1n) is 12.8. The lowest BCUT2D eigenvalue weighted by Gasteiger charge is -2.42. The molecule has 3 heterocycles. The van der Waals surface area contributed by atoms with Gasteiger partial charge in [0.2, 0.25) is 0 Å². The number of aromatic nitrogens is 1. The number of pyridine rings is 1. The van der Waals surface area contributed by atoms with Crippen LogP contribution < -0.4 is 10.2 Å². The number of likely N-dealkylation sites (tertiary alicyclic amines) is 1. The largest absolute Gasteiger partial charge is 0.334 e. The van der Waals surface area contributed by atoms with E-state index in [0.29, 0.717) is 55.2 Å². The van der Waals surface area contributed by atoms with Crippen LogP contribution in [0.5, 0.6) is 0 Å². The molecule has 3 aromatic rings. The van der Waals surface area contributed by atoms with Gasteiger partial charge in [0.1, 0.15) is 10.0 Å². The number of piperidine rings is 1. The predicted octanol–water partition coefficient (Wildman–Crippen LogP) is 8.82. The number of nitrogens with zero attached hydrogens (tertiary/aromatic N) is 3. The molecular weight excluding hydrogens is 606 g/mol. The van der Waals surface area contributed by atoms with Crippen LogP contribution in [-0.2, 0) is 12.0 Å². The number of carbonyl (C=O) groups is 1. The maximum atomic E-state index is 13.8. The third kappa shape index (κ3) is 6.80. The summed E-state index contributed by atoms with van der Waals surface area (Å²) in [7, 11) is -9.93. The van der Waals surface area contributed by atoms with Crippen LogP contribution in [0.2, 0.25) is 10.2 Å². The zero-order chi connectivity index (χ0) is 29.5. The number of carbonyl (C=O) groups excluding carboxylic acids is 1. The molecule has 41 heavy (non-hydrogen) atoms. The van der Waals surface area contributed by atoms with Gasteiger partial charge in [0.25, 0.3) is 0 Å². The van der Waals surface area contributed by atoms with Crippen LogP contribution in [0.15, 0.2) is 71.8 Å². The van der Waals surface area contributed by atoms with Crippen molar-refractivity contribution in [3.8, 4) is 0 Å². The highest BCUT2D eigenvalue weighted by atomic mass is 35.5. The molecule has 1 N–H and O–H groups in total. The SMILES string of the molecule is O=C(NCc1ccnc(Cl)c1)N1CC2(CCN(C/C=C/c3ccc(Cl)cc3)CC2)c2cc(S(F)(F)(F)(F)F)ccc21. The minimum Gasteiger partial charge on any atom is -0.334 e. The third-order valence-electron chi connectivity index (χ3n) is 7.57. The molecule has 2 aromatic carbocycles. The first-order valence-corrected chi connectivity index (χ1v) is 15.5. The molecule has 2 aliphatic heterocycles. The van der Waals surface area contributed by atoms with E-state index in [1.165, 1.54) is 11.1 Å². The van der Waals surface area contributed by atoms with Gasteiger partial charge in [-0.2, -0.15) is 0 Å². The van der Waals surface area contributed by atoms with Gasteiger partial charge in [-0.1, -0.05) is 66.9 Å².